The number of nitrogens with one attached hydrogen (secondary N) is 2. The topological polar surface area (TPSA) is 115 Å². The summed E-state index contributed by atoms with van der Waals surface area (Å²) >= 11 is 6.19. The van der Waals surface area contributed by atoms with Crippen molar-refractivity contribution >= 4 is 35.3 Å². The Hall–Kier alpha value is -3.33. The van der Waals surface area contributed by atoms with Crippen LogP contribution in [0.3, 0.4) is 0 Å². The van der Waals surface area contributed by atoms with Crippen LogP contribution in [0.2, 0.25) is 5.15 Å². The number of halogens is 1. The van der Waals surface area contributed by atoms with Crippen molar-refractivity contribution in [2.45, 2.75) is 58.5 Å². The monoisotopic (exact) mass is 529 g/mol. The first kappa shape index (κ1) is 28.2. The zero-order chi connectivity index (χ0) is 27.5. The summed E-state index contributed by atoms with van der Waals surface area (Å²) in [5.74, 6) is 0.559. The highest BCUT2D eigenvalue weighted by Gasteiger charge is 2.47. The van der Waals surface area contributed by atoms with Crippen LogP contribution in [0.1, 0.15) is 57.0 Å². The van der Waals surface area contributed by atoms with Gasteiger partial charge in [-0.25, -0.2) is 9.78 Å². The molecule has 0 bridgehead atoms. The van der Waals surface area contributed by atoms with E-state index in [9.17, 15) is 19.5 Å². The van der Waals surface area contributed by atoms with Gasteiger partial charge in [0.1, 0.15) is 16.5 Å². The van der Waals surface area contributed by atoms with Gasteiger partial charge in [0, 0.05) is 31.1 Å². The van der Waals surface area contributed by atoms with Gasteiger partial charge in [-0.1, -0.05) is 48.9 Å². The third-order valence-electron chi connectivity index (χ3n) is 6.74. The Balaban J connectivity index is 1.80. The Labute approximate surface area is 223 Å². The minimum atomic E-state index is -1.53. The smallest absolute Gasteiger partial charge is 0.408 e. The van der Waals surface area contributed by atoms with Crippen molar-refractivity contribution in [1.82, 2.24) is 20.7 Å². The van der Waals surface area contributed by atoms with E-state index >= 15 is 0 Å². The summed E-state index contributed by atoms with van der Waals surface area (Å²) in [6, 6.07) is 12.2. The molecule has 3 N–H and O–H groups in total. The number of carboxylic acid groups (broad SMARTS) is 1. The molecule has 1 aromatic heterocycles. The molecule has 1 aromatic carbocycles. The van der Waals surface area contributed by atoms with Crippen LogP contribution in [0.5, 0.6) is 0 Å². The Kier molecular flexibility index (Phi) is 8.37. The minimum absolute atomic E-state index is 0.106. The van der Waals surface area contributed by atoms with Gasteiger partial charge in [0.25, 0.3) is 11.8 Å². The Morgan fingerprint density at radius 2 is 1.73 bits per heavy atom. The van der Waals surface area contributed by atoms with E-state index in [1.165, 1.54) is 6.07 Å². The normalized spacial score (nSPS) is 18.4. The lowest BCUT2D eigenvalue weighted by molar-refractivity contribution is -0.135. The lowest BCUT2D eigenvalue weighted by Crippen LogP contribution is -2.67. The van der Waals surface area contributed by atoms with Crippen LogP contribution in [0, 0.1) is 11.8 Å². The largest absolute Gasteiger partial charge is 0.465 e. The summed E-state index contributed by atoms with van der Waals surface area (Å²) < 4.78 is 0. The van der Waals surface area contributed by atoms with Crippen molar-refractivity contribution in [2.24, 2.45) is 11.8 Å². The van der Waals surface area contributed by atoms with Crippen LogP contribution in [0.25, 0.3) is 0 Å². The lowest BCUT2D eigenvalue weighted by atomic mass is 9.86. The van der Waals surface area contributed by atoms with Crippen molar-refractivity contribution in [1.29, 1.82) is 0 Å². The summed E-state index contributed by atoms with van der Waals surface area (Å²) in [6.45, 7) is 9.71. The van der Waals surface area contributed by atoms with Gasteiger partial charge in [-0.05, 0) is 63.6 Å². The predicted molar refractivity (Wildman–Crippen MR) is 144 cm³/mol. The number of benzene rings is 1. The second-order valence-electron chi connectivity index (χ2n) is 11.0. The average Bonchev–Trinajstić information content (AvgIpc) is 3.49. The van der Waals surface area contributed by atoms with E-state index < -0.39 is 29.0 Å². The van der Waals surface area contributed by atoms with Crippen LogP contribution in [-0.4, -0.2) is 57.6 Å². The van der Waals surface area contributed by atoms with Gasteiger partial charge in [0.05, 0.1) is 0 Å². The van der Waals surface area contributed by atoms with E-state index in [1.54, 1.807) is 33.8 Å². The van der Waals surface area contributed by atoms with E-state index in [0.717, 1.165) is 23.4 Å². The molecule has 0 radical (unpaired) electrons. The van der Waals surface area contributed by atoms with Crippen LogP contribution in [-0.2, 0) is 11.2 Å². The van der Waals surface area contributed by atoms with Gasteiger partial charge in [0.15, 0.2) is 0 Å². The molecule has 2 aromatic rings. The molecule has 0 aliphatic heterocycles. The number of rotatable bonds is 8. The predicted octanol–water partition coefficient (Wildman–Crippen LogP) is 4.37. The molecule has 1 heterocycles. The van der Waals surface area contributed by atoms with Gasteiger partial charge < -0.3 is 10.0 Å². The highest BCUT2D eigenvalue weighted by molar-refractivity contribution is 6.30. The lowest BCUT2D eigenvalue weighted by Gasteiger charge is -2.45. The Morgan fingerprint density at radius 1 is 1.11 bits per heavy atom. The van der Waals surface area contributed by atoms with Crippen molar-refractivity contribution < 1.29 is 19.5 Å². The number of anilines is 1. The number of carbonyl (C=O) groups is 3. The fraction of sp³-hybridized carbons (Fsp3) is 0.481. The average molecular weight is 530 g/mol. The maximum absolute atomic E-state index is 13.5. The fourth-order valence-corrected chi connectivity index (χ4v) is 4.93. The molecule has 1 aliphatic carbocycles. The second kappa shape index (κ2) is 11.0. The number of nitrogens with zero attached hydrogens (tertiary/aromatic N) is 3. The summed E-state index contributed by atoms with van der Waals surface area (Å²) in [5.41, 5.74) is 3.45. The van der Waals surface area contributed by atoms with Gasteiger partial charge in [-0.15, -0.1) is 0 Å². The van der Waals surface area contributed by atoms with E-state index in [2.05, 4.69) is 22.8 Å². The molecule has 9 nitrogen and oxygen atoms in total. The molecule has 0 spiro atoms. The molecule has 37 heavy (non-hydrogen) atoms. The number of hydrogen-bond donors (Lipinski definition) is 3. The number of aromatic nitrogens is 1. The van der Waals surface area contributed by atoms with Gasteiger partial charge in [0.2, 0.25) is 0 Å². The highest BCUT2D eigenvalue weighted by atomic mass is 35.5. The third-order valence-corrected chi connectivity index (χ3v) is 6.94. The maximum Gasteiger partial charge on any atom is 0.408 e. The third kappa shape index (κ3) is 6.91. The number of amides is 3. The Morgan fingerprint density at radius 3 is 2.27 bits per heavy atom. The van der Waals surface area contributed by atoms with E-state index in [1.807, 2.05) is 42.3 Å². The summed E-state index contributed by atoms with van der Waals surface area (Å²) in [6.07, 6.45) is 0.0221. The number of carbonyl (C=O) groups excluding carboxylic acids is 2. The standard InChI is InChI=1S/C27H36ClN5O4/c1-17-12-20(17)16-32(6)22-14-19(13-21(28)29-22)23(34)30-31-24(35)27(5,15-18-10-8-7-9-11-18)33(25(36)37)26(2,3)4/h7-11,13-14,17,20H,12,15-16H2,1-6H3,(H,30,34)(H,31,35)(H,36,37). The molecule has 200 valence electrons. The first-order valence-electron chi connectivity index (χ1n) is 12.3. The van der Waals surface area contributed by atoms with Crippen molar-refractivity contribution in [3.8, 4) is 0 Å². The van der Waals surface area contributed by atoms with E-state index in [-0.39, 0.29) is 17.1 Å². The molecule has 1 fully saturated rings. The first-order chi connectivity index (χ1) is 17.2. The summed E-state index contributed by atoms with van der Waals surface area (Å²) in [5, 5.41) is 10.2. The van der Waals surface area contributed by atoms with Gasteiger partial charge in [-0.3, -0.25) is 25.3 Å². The fourth-order valence-electron chi connectivity index (χ4n) is 4.72. The zero-order valence-electron chi connectivity index (χ0n) is 22.2. The van der Waals surface area contributed by atoms with E-state index in [4.69, 9.17) is 11.6 Å². The SMILES string of the molecule is CC1CC1CN(C)c1cc(C(=O)NNC(=O)C(C)(Cc2ccccc2)N(C(=O)O)C(C)(C)C)cc(Cl)n1. The second-order valence-corrected chi connectivity index (χ2v) is 11.4. The molecule has 3 atom stereocenters. The van der Waals surface area contributed by atoms with Crippen molar-refractivity contribution in [2.75, 3.05) is 18.5 Å². The molecular formula is C27H36ClN5O4. The number of pyridine rings is 1. The number of hydrogen-bond acceptors (Lipinski definition) is 5. The molecule has 1 saturated carbocycles. The van der Waals surface area contributed by atoms with Crippen LogP contribution in [0.4, 0.5) is 10.6 Å². The molecule has 3 unspecified atom stereocenters. The molecule has 1 aliphatic rings. The molecule has 3 amide bonds. The minimum Gasteiger partial charge on any atom is -0.465 e. The zero-order valence-corrected chi connectivity index (χ0v) is 23.0. The molecule has 3 rings (SSSR count). The molecular weight excluding hydrogens is 494 g/mol. The van der Waals surface area contributed by atoms with Gasteiger partial charge in [-0.2, -0.15) is 0 Å². The quantitative estimate of drug-likeness (QED) is 0.345. The maximum atomic E-state index is 13.5. The summed E-state index contributed by atoms with van der Waals surface area (Å²) in [4.78, 5) is 46.2. The first-order valence-corrected chi connectivity index (χ1v) is 12.7. The van der Waals surface area contributed by atoms with Crippen molar-refractivity contribution in [3.63, 3.8) is 0 Å². The summed E-state index contributed by atoms with van der Waals surface area (Å²) in [7, 11) is 1.90. The van der Waals surface area contributed by atoms with Crippen LogP contribution >= 0.6 is 11.6 Å². The van der Waals surface area contributed by atoms with Crippen LogP contribution < -0.4 is 15.8 Å². The van der Waals surface area contributed by atoms with Crippen LogP contribution in [0.15, 0.2) is 42.5 Å². The Bertz CT molecular complexity index is 1150. The van der Waals surface area contributed by atoms with Gasteiger partial charge >= 0.3 is 6.09 Å². The molecule has 0 saturated heterocycles. The van der Waals surface area contributed by atoms with Crippen molar-refractivity contribution in [3.05, 3.63) is 58.7 Å². The van der Waals surface area contributed by atoms with E-state index in [0.29, 0.717) is 17.7 Å². The number of hydrazine groups is 1. The molecule has 10 heteroatoms. The highest BCUT2D eigenvalue weighted by Crippen LogP contribution is 2.38.